The van der Waals surface area contributed by atoms with Crippen LogP contribution >= 0.6 is 11.6 Å². The Morgan fingerprint density at radius 1 is 1.53 bits per heavy atom. The van der Waals surface area contributed by atoms with E-state index in [1.54, 1.807) is 24.5 Å². The molecule has 0 aliphatic carbocycles. The minimum atomic E-state index is 0.158. The first kappa shape index (κ1) is 11.8. The highest BCUT2D eigenvalue weighted by molar-refractivity contribution is 6.30. The number of hydrogen-bond donors (Lipinski definition) is 1. The van der Waals surface area contributed by atoms with Crippen LogP contribution in [0.2, 0.25) is 5.02 Å². The molecule has 0 fully saturated rings. The Morgan fingerprint density at radius 3 is 3.12 bits per heavy atom. The van der Waals surface area contributed by atoms with Gasteiger partial charge in [0.05, 0.1) is 24.1 Å². The summed E-state index contributed by atoms with van der Waals surface area (Å²) < 4.78 is 5.44. The minimum absolute atomic E-state index is 0.158. The first-order valence-electron chi connectivity index (χ1n) is 5.53. The second-order valence-corrected chi connectivity index (χ2v) is 4.33. The van der Waals surface area contributed by atoms with Gasteiger partial charge in [-0.05, 0) is 37.1 Å². The molecule has 1 unspecified atom stereocenters. The average molecular weight is 249 g/mol. The van der Waals surface area contributed by atoms with Crippen LogP contribution in [0.15, 0.2) is 30.5 Å². The summed E-state index contributed by atoms with van der Waals surface area (Å²) in [6.45, 7) is 0.680. The highest BCUT2D eigenvalue weighted by Gasteiger charge is 2.11. The topological polar surface area (TPSA) is 45.0 Å². The second-order valence-electron chi connectivity index (χ2n) is 3.89. The van der Waals surface area contributed by atoms with E-state index in [0.29, 0.717) is 17.1 Å². The molecule has 1 aromatic rings. The number of ether oxygens (including phenoxy) is 1. The van der Waals surface area contributed by atoms with E-state index in [2.05, 4.69) is 11.4 Å². The van der Waals surface area contributed by atoms with Gasteiger partial charge in [0.15, 0.2) is 0 Å². The fourth-order valence-corrected chi connectivity index (χ4v) is 1.89. The van der Waals surface area contributed by atoms with E-state index >= 15 is 0 Å². The molecule has 0 amide bonds. The van der Waals surface area contributed by atoms with Crippen molar-refractivity contribution in [2.24, 2.45) is 0 Å². The van der Waals surface area contributed by atoms with Crippen LogP contribution < -0.4 is 5.32 Å². The maximum Gasteiger partial charge on any atom is 0.115 e. The van der Waals surface area contributed by atoms with Crippen LogP contribution in [-0.2, 0) is 4.74 Å². The van der Waals surface area contributed by atoms with Crippen molar-refractivity contribution in [2.75, 3.05) is 11.9 Å². The molecule has 1 aromatic carbocycles. The van der Waals surface area contributed by atoms with Crippen LogP contribution in [0.3, 0.4) is 0 Å². The van der Waals surface area contributed by atoms with E-state index in [1.165, 1.54) is 0 Å². The van der Waals surface area contributed by atoms with Gasteiger partial charge in [-0.15, -0.1) is 0 Å². The van der Waals surface area contributed by atoms with Crippen molar-refractivity contribution in [3.8, 4) is 6.07 Å². The molecule has 3 nitrogen and oxygen atoms in total. The lowest BCUT2D eigenvalue weighted by Gasteiger charge is -2.20. The molecule has 1 atom stereocenters. The van der Waals surface area contributed by atoms with Crippen LogP contribution in [0, 0.1) is 11.3 Å². The molecule has 2 rings (SSSR count). The van der Waals surface area contributed by atoms with Gasteiger partial charge >= 0.3 is 0 Å². The number of nitrogens with zero attached hydrogens (tertiary/aromatic N) is 1. The molecule has 0 aromatic heterocycles. The molecule has 0 bridgehead atoms. The molecular weight excluding hydrogens is 236 g/mol. The van der Waals surface area contributed by atoms with Crippen molar-refractivity contribution in [2.45, 2.75) is 18.9 Å². The Balaban J connectivity index is 2.00. The van der Waals surface area contributed by atoms with E-state index in [1.807, 2.05) is 6.08 Å². The Bertz CT molecular complexity index is 465. The predicted octanol–water partition coefficient (Wildman–Crippen LogP) is 3.32. The zero-order chi connectivity index (χ0) is 12.1. The summed E-state index contributed by atoms with van der Waals surface area (Å²) in [5.74, 6) is 0. The molecule has 0 saturated carbocycles. The molecule has 4 heteroatoms. The largest absolute Gasteiger partial charge is 0.497 e. The fraction of sp³-hybridized carbons (Fsp3) is 0.308. The van der Waals surface area contributed by atoms with Gasteiger partial charge in [-0.25, -0.2) is 0 Å². The van der Waals surface area contributed by atoms with Crippen LogP contribution in [0.25, 0.3) is 0 Å². The Morgan fingerprint density at radius 2 is 2.41 bits per heavy atom. The van der Waals surface area contributed by atoms with Gasteiger partial charge in [-0.2, -0.15) is 5.26 Å². The van der Waals surface area contributed by atoms with Gasteiger partial charge < -0.3 is 10.1 Å². The fourth-order valence-electron chi connectivity index (χ4n) is 1.72. The van der Waals surface area contributed by atoms with Crippen molar-refractivity contribution in [1.29, 1.82) is 5.26 Å². The summed E-state index contributed by atoms with van der Waals surface area (Å²) in [5, 5.41) is 12.8. The van der Waals surface area contributed by atoms with Crippen molar-refractivity contribution >= 4 is 17.3 Å². The maximum absolute atomic E-state index is 8.97. The zero-order valence-corrected chi connectivity index (χ0v) is 10.1. The van der Waals surface area contributed by atoms with Crippen LogP contribution in [0.4, 0.5) is 5.69 Å². The lowest BCUT2D eigenvalue weighted by molar-refractivity contribution is 0.135. The second kappa shape index (κ2) is 5.60. The van der Waals surface area contributed by atoms with Gasteiger partial charge in [0.1, 0.15) is 12.2 Å². The number of benzene rings is 1. The minimum Gasteiger partial charge on any atom is -0.497 e. The number of hydrogen-bond acceptors (Lipinski definition) is 3. The number of nitrogens with one attached hydrogen (secondary N) is 1. The molecule has 1 aliphatic heterocycles. The van der Waals surface area contributed by atoms with Crippen molar-refractivity contribution in [3.05, 3.63) is 41.1 Å². The molecule has 1 aliphatic rings. The molecule has 0 spiro atoms. The third kappa shape index (κ3) is 3.15. The van der Waals surface area contributed by atoms with Crippen LogP contribution in [-0.4, -0.2) is 12.6 Å². The lowest BCUT2D eigenvalue weighted by atomic mass is 10.1. The van der Waals surface area contributed by atoms with Gasteiger partial charge in [0, 0.05) is 5.02 Å². The number of allylic oxidation sites excluding steroid dienone is 1. The summed E-state index contributed by atoms with van der Waals surface area (Å²) in [6.07, 6.45) is 5.93. The molecular formula is C13H13ClN2O. The predicted molar refractivity (Wildman–Crippen MR) is 67.9 cm³/mol. The summed E-state index contributed by atoms with van der Waals surface area (Å²) in [4.78, 5) is 0. The van der Waals surface area contributed by atoms with E-state index in [4.69, 9.17) is 21.6 Å². The lowest BCUT2D eigenvalue weighted by Crippen LogP contribution is -2.23. The van der Waals surface area contributed by atoms with Crippen LogP contribution in [0.1, 0.15) is 18.4 Å². The monoisotopic (exact) mass is 248 g/mol. The maximum atomic E-state index is 8.97. The van der Waals surface area contributed by atoms with Gasteiger partial charge in [0.2, 0.25) is 0 Å². The normalized spacial score (nSPS) is 18.2. The Labute approximate surface area is 106 Å². The Kier molecular flexibility index (Phi) is 3.89. The molecule has 1 heterocycles. The van der Waals surface area contributed by atoms with E-state index < -0.39 is 0 Å². The summed E-state index contributed by atoms with van der Waals surface area (Å²) >= 11 is 5.90. The number of anilines is 1. The van der Waals surface area contributed by atoms with Gasteiger partial charge in [-0.1, -0.05) is 11.6 Å². The van der Waals surface area contributed by atoms with E-state index in [-0.39, 0.29) is 6.10 Å². The van der Waals surface area contributed by atoms with Crippen LogP contribution in [0.5, 0.6) is 0 Å². The summed E-state index contributed by atoms with van der Waals surface area (Å²) in [6, 6.07) is 7.33. The third-order valence-electron chi connectivity index (χ3n) is 2.64. The smallest absolute Gasteiger partial charge is 0.115 e. The molecule has 17 heavy (non-hydrogen) atoms. The highest BCUT2D eigenvalue weighted by atomic mass is 35.5. The van der Waals surface area contributed by atoms with E-state index in [0.717, 1.165) is 18.5 Å². The molecule has 1 N–H and O–H groups in total. The quantitative estimate of drug-likeness (QED) is 0.893. The standard InChI is InChI=1S/C13H13ClN2O/c14-11-5-4-10(8-15)13(7-11)16-9-12-3-1-2-6-17-12/h2,4-7,12,16H,1,3,9H2. The first-order chi connectivity index (χ1) is 8.29. The van der Waals surface area contributed by atoms with Gasteiger partial charge in [0.25, 0.3) is 0 Å². The molecule has 0 saturated heterocycles. The van der Waals surface area contributed by atoms with E-state index in [9.17, 15) is 0 Å². The SMILES string of the molecule is N#Cc1ccc(Cl)cc1NCC1CCC=CO1. The van der Waals surface area contributed by atoms with Crippen molar-refractivity contribution in [1.82, 2.24) is 0 Å². The molecule has 88 valence electrons. The highest BCUT2D eigenvalue weighted by Crippen LogP contribution is 2.21. The summed E-state index contributed by atoms with van der Waals surface area (Å²) in [7, 11) is 0. The van der Waals surface area contributed by atoms with Gasteiger partial charge in [-0.3, -0.25) is 0 Å². The average Bonchev–Trinajstić information content (AvgIpc) is 2.38. The van der Waals surface area contributed by atoms with Crippen molar-refractivity contribution < 1.29 is 4.74 Å². The number of halogens is 1. The Hall–Kier alpha value is -1.66. The molecule has 0 radical (unpaired) electrons. The summed E-state index contributed by atoms with van der Waals surface area (Å²) in [5.41, 5.74) is 1.36. The number of nitriles is 1. The van der Waals surface area contributed by atoms with Crippen molar-refractivity contribution in [3.63, 3.8) is 0 Å². The zero-order valence-electron chi connectivity index (χ0n) is 9.32. The first-order valence-corrected chi connectivity index (χ1v) is 5.91. The third-order valence-corrected chi connectivity index (χ3v) is 2.88. The number of rotatable bonds is 3.